The highest BCUT2D eigenvalue weighted by atomic mass is 16.2. The molecule has 2 aromatic heterocycles. The molecule has 0 spiro atoms. The Bertz CT molecular complexity index is 970. The first-order valence-electron chi connectivity index (χ1n) is 10.3. The predicted molar refractivity (Wildman–Crippen MR) is 116 cm³/mol. The van der Waals surface area contributed by atoms with Gasteiger partial charge >= 0.3 is 0 Å². The molecule has 0 bridgehead atoms. The van der Waals surface area contributed by atoms with Crippen molar-refractivity contribution >= 4 is 12.0 Å². The lowest BCUT2D eigenvalue weighted by atomic mass is 10.2. The molecule has 30 heavy (non-hydrogen) atoms. The number of pyridine rings is 1. The van der Waals surface area contributed by atoms with Gasteiger partial charge in [0.05, 0.1) is 18.4 Å². The number of allylic oxidation sites excluding steroid dienone is 1. The first-order chi connectivity index (χ1) is 14.8. The number of hydrogen-bond donors (Lipinski definition) is 0. The second-order valence-electron chi connectivity index (χ2n) is 7.38. The fraction of sp³-hybridized carbons (Fsp3) is 0.304. The zero-order valence-corrected chi connectivity index (χ0v) is 17.0. The van der Waals surface area contributed by atoms with Crippen LogP contribution in [0.15, 0.2) is 67.0 Å². The second-order valence-corrected chi connectivity index (χ2v) is 7.38. The molecule has 3 heterocycles. The van der Waals surface area contributed by atoms with Crippen molar-refractivity contribution in [3.63, 3.8) is 0 Å². The van der Waals surface area contributed by atoms with Gasteiger partial charge in [0.1, 0.15) is 0 Å². The highest BCUT2D eigenvalue weighted by molar-refractivity contribution is 5.91. The Morgan fingerprint density at radius 1 is 1.00 bits per heavy atom. The van der Waals surface area contributed by atoms with Crippen LogP contribution in [0.1, 0.15) is 28.2 Å². The van der Waals surface area contributed by atoms with Crippen molar-refractivity contribution in [3.8, 4) is 0 Å². The maximum absolute atomic E-state index is 12.9. The predicted octanol–water partition coefficient (Wildman–Crippen LogP) is 2.73. The van der Waals surface area contributed by atoms with Crippen LogP contribution < -0.4 is 0 Å². The largest absolute Gasteiger partial charge is 0.336 e. The summed E-state index contributed by atoms with van der Waals surface area (Å²) in [5.74, 6) is -0.0482. The average Bonchev–Trinajstić information content (AvgIpc) is 3.13. The summed E-state index contributed by atoms with van der Waals surface area (Å²) in [4.78, 5) is 21.5. The Hall–Kier alpha value is -3.32. The number of aromatic nitrogens is 4. The monoisotopic (exact) mass is 402 g/mol. The highest BCUT2D eigenvalue weighted by Gasteiger charge is 2.22. The highest BCUT2D eigenvalue weighted by Crippen LogP contribution is 2.10. The zero-order chi connectivity index (χ0) is 20.6. The van der Waals surface area contributed by atoms with E-state index < -0.39 is 0 Å². The van der Waals surface area contributed by atoms with Gasteiger partial charge in [0, 0.05) is 38.9 Å². The Morgan fingerprint density at radius 2 is 1.87 bits per heavy atom. The van der Waals surface area contributed by atoms with Crippen molar-refractivity contribution in [2.45, 2.75) is 19.5 Å². The molecule has 4 rings (SSSR count). The number of carbonyl (C=O) groups excluding carboxylic acids is 1. The van der Waals surface area contributed by atoms with Crippen molar-refractivity contribution in [1.29, 1.82) is 0 Å². The Morgan fingerprint density at radius 3 is 2.70 bits per heavy atom. The third kappa shape index (κ3) is 5.39. The molecule has 1 amide bonds. The molecule has 154 valence electrons. The lowest BCUT2D eigenvalue weighted by Gasteiger charge is -2.21. The minimum atomic E-state index is -0.0482. The Balaban J connectivity index is 1.30. The summed E-state index contributed by atoms with van der Waals surface area (Å²) in [6.45, 7) is 4.60. The van der Waals surface area contributed by atoms with Crippen LogP contribution in [0.2, 0.25) is 0 Å². The van der Waals surface area contributed by atoms with Crippen molar-refractivity contribution < 1.29 is 4.79 Å². The maximum atomic E-state index is 12.9. The molecule has 0 radical (unpaired) electrons. The fourth-order valence-corrected chi connectivity index (χ4v) is 3.56. The van der Waals surface area contributed by atoms with E-state index in [0.29, 0.717) is 18.8 Å². The lowest BCUT2D eigenvalue weighted by molar-refractivity contribution is 0.0755. The third-order valence-electron chi connectivity index (χ3n) is 5.15. The summed E-state index contributed by atoms with van der Waals surface area (Å²) in [5.41, 5.74) is 2.60. The van der Waals surface area contributed by atoms with Crippen LogP contribution >= 0.6 is 0 Å². The van der Waals surface area contributed by atoms with Gasteiger partial charge in [-0.2, -0.15) is 0 Å². The quantitative estimate of drug-likeness (QED) is 0.634. The maximum Gasteiger partial charge on any atom is 0.276 e. The summed E-state index contributed by atoms with van der Waals surface area (Å²) < 4.78 is 1.69. The molecular weight excluding hydrogens is 376 g/mol. The third-order valence-corrected chi connectivity index (χ3v) is 5.15. The lowest BCUT2D eigenvalue weighted by Crippen LogP contribution is -2.35. The molecule has 1 aliphatic rings. The smallest absolute Gasteiger partial charge is 0.276 e. The summed E-state index contributed by atoms with van der Waals surface area (Å²) in [5, 5.41) is 8.21. The minimum absolute atomic E-state index is 0.0482. The first-order valence-corrected chi connectivity index (χ1v) is 10.3. The van der Waals surface area contributed by atoms with Crippen LogP contribution in [0, 0.1) is 0 Å². The molecule has 1 saturated heterocycles. The topological polar surface area (TPSA) is 67.2 Å². The first kappa shape index (κ1) is 20.0. The summed E-state index contributed by atoms with van der Waals surface area (Å²) in [6, 6.07) is 16.1. The van der Waals surface area contributed by atoms with Gasteiger partial charge in [0.25, 0.3) is 5.91 Å². The summed E-state index contributed by atoms with van der Waals surface area (Å²) >= 11 is 0. The second kappa shape index (κ2) is 9.93. The molecule has 1 fully saturated rings. The van der Waals surface area contributed by atoms with E-state index in [9.17, 15) is 4.79 Å². The average molecular weight is 403 g/mol. The van der Waals surface area contributed by atoms with E-state index in [2.05, 4.69) is 20.2 Å². The van der Waals surface area contributed by atoms with E-state index in [-0.39, 0.29) is 5.91 Å². The molecule has 7 nitrogen and oxygen atoms in total. The van der Waals surface area contributed by atoms with Crippen LogP contribution in [-0.4, -0.2) is 61.9 Å². The van der Waals surface area contributed by atoms with E-state index in [1.807, 2.05) is 71.8 Å². The molecule has 0 unspecified atom stereocenters. The SMILES string of the molecule is O=C(c1cn(C/C=C/c2ccccc2)nn1)N1CCCN(Cc2ccccn2)CC1. The molecule has 0 aliphatic carbocycles. The Labute approximate surface area is 176 Å². The summed E-state index contributed by atoms with van der Waals surface area (Å²) in [6.07, 6.45) is 8.54. The molecule has 1 aromatic carbocycles. The van der Waals surface area contributed by atoms with Crippen LogP contribution in [-0.2, 0) is 13.1 Å². The fourth-order valence-electron chi connectivity index (χ4n) is 3.56. The van der Waals surface area contributed by atoms with Gasteiger partial charge in [0.2, 0.25) is 0 Å². The van der Waals surface area contributed by atoms with E-state index in [1.165, 1.54) is 0 Å². The molecule has 0 atom stereocenters. The van der Waals surface area contributed by atoms with Gasteiger partial charge in [-0.05, 0) is 24.1 Å². The van der Waals surface area contributed by atoms with Crippen molar-refractivity contribution in [2.24, 2.45) is 0 Å². The van der Waals surface area contributed by atoms with Gasteiger partial charge < -0.3 is 4.90 Å². The number of benzene rings is 1. The van der Waals surface area contributed by atoms with Crippen molar-refractivity contribution in [3.05, 3.63) is 84.0 Å². The number of hydrogen-bond acceptors (Lipinski definition) is 5. The Kier molecular flexibility index (Phi) is 6.61. The van der Waals surface area contributed by atoms with Crippen LogP contribution in [0.3, 0.4) is 0 Å². The minimum Gasteiger partial charge on any atom is -0.336 e. The van der Waals surface area contributed by atoms with Crippen molar-refractivity contribution in [1.82, 2.24) is 29.8 Å². The van der Waals surface area contributed by atoms with Gasteiger partial charge in [-0.3, -0.25) is 14.7 Å². The normalized spacial score (nSPS) is 15.4. The number of rotatable bonds is 6. The standard InChI is InChI=1S/C23H26N6O/c30-23(22-19-29(26-25-22)15-6-10-20-8-2-1-3-9-20)28-14-7-13-27(16-17-28)18-21-11-4-5-12-24-21/h1-6,8-12,19H,7,13-18H2/b10-6+. The molecular formula is C23H26N6O. The van der Waals surface area contributed by atoms with Gasteiger partial charge in [-0.25, -0.2) is 4.68 Å². The van der Waals surface area contributed by atoms with E-state index >= 15 is 0 Å². The molecule has 0 saturated carbocycles. The molecule has 1 aliphatic heterocycles. The number of amides is 1. The van der Waals surface area contributed by atoms with Gasteiger partial charge in [-0.15, -0.1) is 5.10 Å². The molecule has 7 heteroatoms. The van der Waals surface area contributed by atoms with Crippen LogP contribution in [0.4, 0.5) is 0 Å². The van der Waals surface area contributed by atoms with Crippen LogP contribution in [0.25, 0.3) is 6.08 Å². The van der Waals surface area contributed by atoms with Gasteiger partial charge in [-0.1, -0.05) is 53.8 Å². The van der Waals surface area contributed by atoms with E-state index in [4.69, 9.17) is 0 Å². The van der Waals surface area contributed by atoms with Crippen molar-refractivity contribution in [2.75, 3.05) is 26.2 Å². The molecule has 0 N–H and O–H groups in total. The number of nitrogens with zero attached hydrogens (tertiary/aromatic N) is 6. The van der Waals surface area contributed by atoms with Crippen LogP contribution in [0.5, 0.6) is 0 Å². The summed E-state index contributed by atoms with van der Waals surface area (Å²) in [7, 11) is 0. The zero-order valence-electron chi connectivity index (χ0n) is 17.0. The van der Waals surface area contributed by atoms with E-state index in [1.54, 1.807) is 10.9 Å². The number of carbonyl (C=O) groups is 1. The molecule has 3 aromatic rings. The van der Waals surface area contributed by atoms with Gasteiger partial charge in [0.15, 0.2) is 5.69 Å². The van der Waals surface area contributed by atoms with E-state index in [0.717, 1.165) is 43.9 Å².